The molecule has 88 valence electrons. The van der Waals surface area contributed by atoms with Gasteiger partial charge in [0.15, 0.2) is 5.78 Å². The third kappa shape index (κ3) is 4.43. The molecule has 0 N–H and O–H groups in total. The normalized spacial score (nSPS) is 12.4. The molecule has 1 aromatic carbocycles. The van der Waals surface area contributed by atoms with Gasteiger partial charge < -0.3 is 9.47 Å². The second-order valence-electron chi connectivity index (χ2n) is 3.51. The predicted octanol–water partition coefficient (Wildman–Crippen LogP) is 2.68. The van der Waals surface area contributed by atoms with Crippen molar-refractivity contribution in [2.24, 2.45) is 0 Å². The molecule has 0 heterocycles. The van der Waals surface area contributed by atoms with Gasteiger partial charge in [0.05, 0.1) is 12.7 Å². The molecule has 0 aliphatic heterocycles. The number of carbonyl (C=O) groups is 1. The molecule has 0 amide bonds. The van der Waals surface area contributed by atoms with Gasteiger partial charge in [0, 0.05) is 17.1 Å². The molecule has 1 aromatic rings. The minimum Gasteiger partial charge on any atom is -0.382 e. The minimum atomic E-state index is -0.0654. The second kappa shape index (κ2) is 6.78. The molecule has 0 bridgehead atoms. The minimum absolute atomic E-state index is 0.0181. The van der Waals surface area contributed by atoms with E-state index in [1.54, 1.807) is 19.2 Å². The van der Waals surface area contributed by atoms with Crippen molar-refractivity contribution >= 4 is 21.7 Å². The van der Waals surface area contributed by atoms with Crippen molar-refractivity contribution in [3.05, 3.63) is 34.3 Å². The summed E-state index contributed by atoms with van der Waals surface area (Å²) in [5.74, 6) is -0.0181. The topological polar surface area (TPSA) is 35.5 Å². The summed E-state index contributed by atoms with van der Waals surface area (Å²) in [6, 6.07) is 7.23. The van der Waals surface area contributed by atoms with E-state index in [-0.39, 0.29) is 18.5 Å². The Kier molecular flexibility index (Phi) is 5.66. The first-order valence-corrected chi connectivity index (χ1v) is 5.82. The SMILES string of the molecule is COCC(C)OCC(=O)c1ccc(Br)cc1. The third-order valence-corrected chi connectivity index (χ3v) is 2.60. The smallest absolute Gasteiger partial charge is 0.188 e. The summed E-state index contributed by atoms with van der Waals surface area (Å²) in [5, 5.41) is 0. The largest absolute Gasteiger partial charge is 0.382 e. The van der Waals surface area contributed by atoms with E-state index >= 15 is 0 Å². The van der Waals surface area contributed by atoms with Crippen molar-refractivity contribution in [1.82, 2.24) is 0 Å². The van der Waals surface area contributed by atoms with Crippen LogP contribution in [0.5, 0.6) is 0 Å². The molecule has 16 heavy (non-hydrogen) atoms. The van der Waals surface area contributed by atoms with Crippen molar-refractivity contribution in [3.63, 3.8) is 0 Å². The van der Waals surface area contributed by atoms with E-state index in [1.165, 1.54) is 0 Å². The molecule has 0 aliphatic rings. The molecular formula is C12H15BrO3. The average Bonchev–Trinajstić information content (AvgIpc) is 2.27. The van der Waals surface area contributed by atoms with Gasteiger partial charge in [-0.15, -0.1) is 0 Å². The van der Waals surface area contributed by atoms with Gasteiger partial charge in [-0.05, 0) is 19.1 Å². The lowest BCUT2D eigenvalue weighted by Crippen LogP contribution is -2.19. The maximum absolute atomic E-state index is 11.7. The molecule has 1 atom stereocenters. The van der Waals surface area contributed by atoms with Gasteiger partial charge in [-0.1, -0.05) is 28.1 Å². The Balaban J connectivity index is 2.43. The zero-order valence-electron chi connectivity index (χ0n) is 9.40. The molecular weight excluding hydrogens is 272 g/mol. The summed E-state index contributed by atoms with van der Waals surface area (Å²) in [6.07, 6.45) is -0.0654. The summed E-state index contributed by atoms with van der Waals surface area (Å²) in [4.78, 5) is 11.7. The number of Topliss-reactive ketones (excluding diaryl/α,β-unsaturated/α-hetero) is 1. The maximum Gasteiger partial charge on any atom is 0.188 e. The second-order valence-corrected chi connectivity index (χ2v) is 4.42. The fraction of sp³-hybridized carbons (Fsp3) is 0.417. The number of benzene rings is 1. The number of halogens is 1. The van der Waals surface area contributed by atoms with Crippen LogP contribution in [0.15, 0.2) is 28.7 Å². The molecule has 0 spiro atoms. The van der Waals surface area contributed by atoms with Crippen LogP contribution in [0, 0.1) is 0 Å². The van der Waals surface area contributed by atoms with Crippen molar-refractivity contribution in [3.8, 4) is 0 Å². The van der Waals surface area contributed by atoms with E-state index in [0.29, 0.717) is 12.2 Å². The van der Waals surface area contributed by atoms with E-state index in [2.05, 4.69) is 15.9 Å². The zero-order chi connectivity index (χ0) is 12.0. The van der Waals surface area contributed by atoms with E-state index in [1.807, 2.05) is 19.1 Å². The maximum atomic E-state index is 11.7. The van der Waals surface area contributed by atoms with Crippen molar-refractivity contribution in [1.29, 1.82) is 0 Å². The first-order valence-electron chi connectivity index (χ1n) is 5.02. The summed E-state index contributed by atoms with van der Waals surface area (Å²) in [5.41, 5.74) is 0.660. The lowest BCUT2D eigenvalue weighted by atomic mass is 10.1. The summed E-state index contributed by atoms with van der Waals surface area (Å²) in [6.45, 7) is 2.46. The first-order chi connectivity index (χ1) is 7.63. The highest BCUT2D eigenvalue weighted by atomic mass is 79.9. The van der Waals surface area contributed by atoms with Crippen molar-refractivity contribution in [2.45, 2.75) is 13.0 Å². The summed E-state index contributed by atoms with van der Waals surface area (Å²) < 4.78 is 11.2. The quantitative estimate of drug-likeness (QED) is 0.755. The van der Waals surface area contributed by atoms with Gasteiger partial charge in [0.1, 0.15) is 6.61 Å². The van der Waals surface area contributed by atoms with E-state index in [9.17, 15) is 4.79 Å². The monoisotopic (exact) mass is 286 g/mol. The Morgan fingerprint density at radius 2 is 2.00 bits per heavy atom. The van der Waals surface area contributed by atoms with E-state index in [0.717, 1.165) is 4.47 Å². The fourth-order valence-corrected chi connectivity index (χ4v) is 1.48. The van der Waals surface area contributed by atoms with Crippen LogP contribution in [0.4, 0.5) is 0 Å². The molecule has 3 nitrogen and oxygen atoms in total. The van der Waals surface area contributed by atoms with Gasteiger partial charge in [-0.3, -0.25) is 4.79 Å². The van der Waals surface area contributed by atoms with Crippen LogP contribution in [0.2, 0.25) is 0 Å². The lowest BCUT2D eigenvalue weighted by molar-refractivity contribution is 0.0125. The molecule has 0 radical (unpaired) electrons. The van der Waals surface area contributed by atoms with Crippen LogP contribution in [0.3, 0.4) is 0 Å². The van der Waals surface area contributed by atoms with Crippen LogP contribution in [-0.4, -0.2) is 32.2 Å². The van der Waals surface area contributed by atoms with Gasteiger partial charge in [-0.2, -0.15) is 0 Å². The molecule has 0 aliphatic carbocycles. The van der Waals surface area contributed by atoms with E-state index < -0.39 is 0 Å². The molecule has 1 rings (SSSR count). The first kappa shape index (κ1) is 13.4. The Morgan fingerprint density at radius 1 is 1.38 bits per heavy atom. The fourth-order valence-electron chi connectivity index (χ4n) is 1.22. The van der Waals surface area contributed by atoms with Crippen LogP contribution in [-0.2, 0) is 9.47 Å². The Bertz CT molecular complexity index is 335. The molecule has 0 saturated heterocycles. The standard InChI is InChI=1S/C12H15BrO3/c1-9(7-15-2)16-8-12(14)10-3-5-11(13)6-4-10/h3-6,9H,7-8H2,1-2H3. The van der Waals surface area contributed by atoms with Gasteiger partial charge in [-0.25, -0.2) is 0 Å². The molecule has 4 heteroatoms. The number of hydrogen-bond donors (Lipinski definition) is 0. The molecule has 0 aromatic heterocycles. The zero-order valence-corrected chi connectivity index (χ0v) is 11.0. The van der Waals surface area contributed by atoms with E-state index in [4.69, 9.17) is 9.47 Å². The number of rotatable bonds is 6. The van der Waals surface area contributed by atoms with Crippen LogP contribution < -0.4 is 0 Å². The van der Waals surface area contributed by atoms with Crippen LogP contribution in [0.25, 0.3) is 0 Å². The Labute approximate surface area is 104 Å². The molecule has 1 unspecified atom stereocenters. The number of carbonyl (C=O) groups excluding carboxylic acids is 1. The number of ketones is 1. The van der Waals surface area contributed by atoms with Crippen molar-refractivity contribution in [2.75, 3.05) is 20.3 Å². The number of hydrogen-bond acceptors (Lipinski definition) is 3. The highest BCUT2D eigenvalue weighted by molar-refractivity contribution is 9.10. The van der Waals surface area contributed by atoms with Gasteiger partial charge in [0.2, 0.25) is 0 Å². The van der Waals surface area contributed by atoms with Gasteiger partial charge in [0.25, 0.3) is 0 Å². The Morgan fingerprint density at radius 3 is 2.56 bits per heavy atom. The summed E-state index contributed by atoms with van der Waals surface area (Å²) in [7, 11) is 1.61. The van der Waals surface area contributed by atoms with Crippen LogP contribution in [0.1, 0.15) is 17.3 Å². The molecule has 0 saturated carbocycles. The molecule has 0 fully saturated rings. The highest BCUT2D eigenvalue weighted by Gasteiger charge is 2.08. The Hall–Kier alpha value is -0.710. The number of methoxy groups -OCH3 is 1. The van der Waals surface area contributed by atoms with Crippen molar-refractivity contribution < 1.29 is 14.3 Å². The average molecular weight is 287 g/mol. The summed E-state index contributed by atoms with van der Waals surface area (Å²) >= 11 is 3.32. The lowest BCUT2D eigenvalue weighted by Gasteiger charge is -2.11. The third-order valence-electron chi connectivity index (χ3n) is 2.07. The van der Waals surface area contributed by atoms with Gasteiger partial charge >= 0.3 is 0 Å². The predicted molar refractivity (Wildman–Crippen MR) is 65.8 cm³/mol. The van der Waals surface area contributed by atoms with Crippen LogP contribution >= 0.6 is 15.9 Å². The highest BCUT2D eigenvalue weighted by Crippen LogP contribution is 2.11. The number of ether oxygens (including phenoxy) is 2.